The molecule has 1 aliphatic heterocycles. The van der Waals surface area contributed by atoms with Crippen LogP contribution < -0.4 is 9.64 Å². The number of halogens is 3. The van der Waals surface area contributed by atoms with Crippen LogP contribution in [0.25, 0.3) is 17.1 Å². The van der Waals surface area contributed by atoms with E-state index in [0.717, 1.165) is 11.4 Å². The lowest BCUT2D eigenvalue weighted by molar-refractivity contribution is -0.274. The molecule has 0 bridgehead atoms. The van der Waals surface area contributed by atoms with Gasteiger partial charge in [-0.05, 0) is 49.2 Å². The SMILES string of the molecule is CC(=O)N1CCC(c2nc(-c3ccc(N(C)C)nc3)nn2-c2ccc(OC(F)(F)F)cc2)CC1. The van der Waals surface area contributed by atoms with Crippen molar-refractivity contribution in [3.63, 3.8) is 0 Å². The number of anilines is 1. The number of carbonyl (C=O) groups excluding carboxylic acids is 1. The lowest BCUT2D eigenvalue weighted by atomic mass is 9.95. The van der Waals surface area contributed by atoms with Gasteiger partial charge < -0.3 is 14.5 Å². The Morgan fingerprint density at radius 1 is 1.09 bits per heavy atom. The number of piperidine rings is 1. The number of nitrogens with zero attached hydrogens (tertiary/aromatic N) is 6. The second kappa shape index (κ2) is 9.32. The third kappa shape index (κ3) is 5.29. The van der Waals surface area contributed by atoms with Gasteiger partial charge in [-0.2, -0.15) is 0 Å². The Morgan fingerprint density at radius 3 is 2.29 bits per heavy atom. The molecule has 1 amide bonds. The zero-order valence-electron chi connectivity index (χ0n) is 19.1. The van der Waals surface area contributed by atoms with Gasteiger partial charge in [-0.15, -0.1) is 18.3 Å². The molecule has 4 rings (SSSR count). The Balaban J connectivity index is 1.68. The average molecular weight is 474 g/mol. The van der Waals surface area contributed by atoms with Crippen LogP contribution in [-0.4, -0.2) is 64.1 Å². The number of alkyl halides is 3. The van der Waals surface area contributed by atoms with E-state index >= 15 is 0 Å². The summed E-state index contributed by atoms with van der Waals surface area (Å²) in [5.41, 5.74) is 1.29. The first-order valence-corrected chi connectivity index (χ1v) is 10.8. The Kier molecular flexibility index (Phi) is 6.45. The van der Waals surface area contributed by atoms with E-state index in [0.29, 0.717) is 43.3 Å². The molecule has 3 aromatic rings. The maximum absolute atomic E-state index is 12.5. The first-order chi connectivity index (χ1) is 16.1. The Bertz CT molecular complexity index is 1140. The number of carbonyl (C=O) groups is 1. The van der Waals surface area contributed by atoms with Crippen LogP contribution >= 0.6 is 0 Å². The normalized spacial score (nSPS) is 14.8. The molecule has 0 radical (unpaired) electrons. The molecule has 34 heavy (non-hydrogen) atoms. The zero-order chi connectivity index (χ0) is 24.5. The summed E-state index contributed by atoms with van der Waals surface area (Å²) in [4.78, 5) is 24.6. The van der Waals surface area contributed by atoms with Crippen molar-refractivity contribution in [2.24, 2.45) is 0 Å². The first kappa shape index (κ1) is 23.5. The molecule has 0 spiro atoms. The van der Waals surface area contributed by atoms with Gasteiger partial charge in [-0.3, -0.25) is 4.79 Å². The van der Waals surface area contributed by atoms with E-state index in [1.54, 1.807) is 22.7 Å². The second-order valence-electron chi connectivity index (χ2n) is 8.33. The van der Waals surface area contributed by atoms with Crippen molar-refractivity contribution >= 4 is 11.7 Å². The topological polar surface area (TPSA) is 76.4 Å². The molecule has 1 aliphatic rings. The van der Waals surface area contributed by atoms with Gasteiger partial charge >= 0.3 is 6.36 Å². The fourth-order valence-electron chi connectivity index (χ4n) is 3.93. The van der Waals surface area contributed by atoms with Crippen molar-refractivity contribution in [1.29, 1.82) is 0 Å². The van der Waals surface area contributed by atoms with Gasteiger partial charge in [0.05, 0.1) is 5.69 Å². The fraction of sp³-hybridized carbons (Fsp3) is 0.391. The fourth-order valence-corrected chi connectivity index (χ4v) is 3.93. The zero-order valence-corrected chi connectivity index (χ0v) is 19.1. The molecule has 0 atom stereocenters. The molecule has 1 saturated heterocycles. The molecule has 0 N–H and O–H groups in total. The monoisotopic (exact) mass is 474 g/mol. The van der Waals surface area contributed by atoms with Crippen LogP contribution in [0.4, 0.5) is 19.0 Å². The maximum atomic E-state index is 12.5. The lowest BCUT2D eigenvalue weighted by Gasteiger charge is -2.30. The molecule has 2 aromatic heterocycles. The van der Waals surface area contributed by atoms with Crippen molar-refractivity contribution in [2.75, 3.05) is 32.1 Å². The molecular formula is C23H25F3N6O2. The summed E-state index contributed by atoms with van der Waals surface area (Å²) in [6, 6.07) is 9.27. The molecule has 0 saturated carbocycles. The van der Waals surface area contributed by atoms with Crippen LogP contribution in [0.2, 0.25) is 0 Å². The number of pyridine rings is 1. The first-order valence-electron chi connectivity index (χ1n) is 10.8. The summed E-state index contributed by atoms with van der Waals surface area (Å²) >= 11 is 0. The highest BCUT2D eigenvalue weighted by Crippen LogP contribution is 2.31. The van der Waals surface area contributed by atoms with E-state index in [2.05, 4.69) is 14.8 Å². The van der Waals surface area contributed by atoms with Crippen molar-refractivity contribution < 1.29 is 22.7 Å². The van der Waals surface area contributed by atoms with Crippen LogP contribution in [-0.2, 0) is 4.79 Å². The van der Waals surface area contributed by atoms with Crippen LogP contribution in [0.1, 0.15) is 31.5 Å². The number of ether oxygens (including phenoxy) is 1. The van der Waals surface area contributed by atoms with Crippen molar-refractivity contribution in [1.82, 2.24) is 24.6 Å². The highest BCUT2D eigenvalue weighted by molar-refractivity contribution is 5.73. The molecule has 0 unspecified atom stereocenters. The highest BCUT2D eigenvalue weighted by Gasteiger charge is 2.31. The summed E-state index contributed by atoms with van der Waals surface area (Å²) < 4.78 is 43.3. The highest BCUT2D eigenvalue weighted by atomic mass is 19.4. The van der Waals surface area contributed by atoms with Gasteiger partial charge in [0.2, 0.25) is 5.91 Å². The summed E-state index contributed by atoms with van der Waals surface area (Å²) in [6.45, 7) is 2.77. The number of hydrogen-bond donors (Lipinski definition) is 0. The predicted molar refractivity (Wildman–Crippen MR) is 120 cm³/mol. The Morgan fingerprint density at radius 2 is 1.76 bits per heavy atom. The standard InChI is InChI=1S/C23H25F3N6O2/c1-15(33)31-12-10-16(11-13-31)22-28-21(17-4-9-20(27-14-17)30(2)3)29-32(22)18-5-7-19(8-6-18)34-23(24,25)26/h4-9,14,16H,10-13H2,1-3H3. The van der Waals surface area contributed by atoms with Crippen LogP contribution in [0.5, 0.6) is 5.75 Å². The summed E-state index contributed by atoms with van der Waals surface area (Å²) in [5.74, 6) is 1.72. The van der Waals surface area contributed by atoms with Crippen LogP contribution in [0.15, 0.2) is 42.6 Å². The molecule has 8 nitrogen and oxygen atoms in total. The van der Waals surface area contributed by atoms with E-state index in [-0.39, 0.29) is 17.6 Å². The summed E-state index contributed by atoms with van der Waals surface area (Å²) in [7, 11) is 3.79. The van der Waals surface area contributed by atoms with E-state index in [4.69, 9.17) is 4.98 Å². The molecule has 0 aliphatic carbocycles. The quantitative estimate of drug-likeness (QED) is 0.556. The van der Waals surface area contributed by atoms with E-state index in [9.17, 15) is 18.0 Å². The van der Waals surface area contributed by atoms with E-state index in [1.165, 1.54) is 24.3 Å². The Labute approximate surface area is 195 Å². The van der Waals surface area contributed by atoms with E-state index < -0.39 is 6.36 Å². The average Bonchev–Trinajstić information content (AvgIpc) is 3.24. The third-order valence-corrected chi connectivity index (χ3v) is 5.72. The van der Waals surface area contributed by atoms with Gasteiger partial charge in [0.15, 0.2) is 5.82 Å². The van der Waals surface area contributed by atoms with E-state index in [1.807, 2.05) is 31.1 Å². The second-order valence-corrected chi connectivity index (χ2v) is 8.33. The smallest absolute Gasteiger partial charge is 0.406 e. The minimum atomic E-state index is -4.76. The van der Waals surface area contributed by atoms with Crippen LogP contribution in [0.3, 0.4) is 0 Å². The number of rotatable bonds is 5. The van der Waals surface area contributed by atoms with Crippen molar-refractivity contribution in [3.05, 3.63) is 48.4 Å². The van der Waals surface area contributed by atoms with Gasteiger partial charge in [0.25, 0.3) is 0 Å². The van der Waals surface area contributed by atoms with Crippen LogP contribution in [0, 0.1) is 0 Å². The largest absolute Gasteiger partial charge is 0.573 e. The minimum Gasteiger partial charge on any atom is -0.406 e. The van der Waals surface area contributed by atoms with Gasteiger partial charge in [-0.1, -0.05) is 0 Å². The third-order valence-electron chi connectivity index (χ3n) is 5.72. The number of amides is 1. The maximum Gasteiger partial charge on any atom is 0.573 e. The molecule has 11 heteroatoms. The molecule has 3 heterocycles. The summed E-state index contributed by atoms with van der Waals surface area (Å²) in [6.07, 6.45) is -1.64. The van der Waals surface area contributed by atoms with Crippen molar-refractivity contribution in [3.8, 4) is 22.8 Å². The minimum absolute atomic E-state index is 0.0351. The molecule has 1 aromatic carbocycles. The van der Waals surface area contributed by atoms with Gasteiger partial charge in [-0.25, -0.2) is 14.6 Å². The summed E-state index contributed by atoms with van der Waals surface area (Å²) in [5, 5.41) is 4.67. The number of hydrogen-bond acceptors (Lipinski definition) is 6. The predicted octanol–water partition coefficient (Wildman–Crippen LogP) is 4.02. The van der Waals surface area contributed by atoms with Gasteiger partial charge in [0, 0.05) is 51.8 Å². The Hall–Kier alpha value is -3.63. The number of benzene rings is 1. The number of aromatic nitrogens is 4. The van der Waals surface area contributed by atoms with Crippen molar-refractivity contribution in [2.45, 2.75) is 32.0 Å². The molecule has 180 valence electrons. The molecule has 1 fully saturated rings. The van der Waals surface area contributed by atoms with Gasteiger partial charge in [0.1, 0.15) is 17.4 Å². The lowest BCUT2D eigenvalue weighted by Crippen LogP contribution is -2.36. The molecular weight excluding hydrogens is 449 g/mol. The number of likely N-dealkylation sites (tertiary alicyclic amines) is 1.